The molecule has 2 rings (SSSR count). The van der Waals surface area contributed by atoms with Crippen LogP contribution >= 0.6 is 0 Å². The van der Waals surface area contributed by atoms with Gasteiger partial charge in [0.15, 0.2) is 0 Å². The van der Waals surface area contributed by atoms with Gasteiger partial charge in [-0.15, -0.1) is 0 Å². The lowest BCUT2D eigenvalue weighted by Crippen LogP contribution is -2.53. The average Bonchev–Trinajstić information content (AvgIpc) is 2.34. The predicted octanol–water partition coefficient (Wildman–Crippen LogP) is 3.60. The fourth-order valence-corrected chi connectivity index (χ4v) is 3.34. The van der Waals surface area contributed by atoms with Crippen LogP contribution < -0.4 is 10.6 Å². The second-order valence-corrected chi connectivity index (χ2v) is 7.76. The molecule has 0 aromatic heterocycles. The van der Waals surface area contributed by atoms with Crippen molar-refractivity contribution < 1.29 is 9.53 Å². The summed E-state index contributed by atoms with van der Waals surface area (Å²) in [6.07, 6.45) is 10.2. The first kappa shape index (κ1) is 16.6. The monoisotopic (exact) mass is 296 g/mol. The van der Waals surface area contributed by atoms with Gasteiger partial charge in [-0.05, 0) is 52.5 Å². The first-order valence-electron chi connectivity index (χ1n) is 8.65. The molecular formula is C17H32N2O2. The van der Waals surface area contributed by atoms with Gasteiger partial charge >= 0.3 is 6.09 Å². The topological polar surface area (TPSA) is 50.4 Å². The smallest absolute Gasteiger partial charge is 0.407 e. The van der Waals surface area contributed by atoms with Gasteiger partial charge in [0.2, 0.25) is 0 Å². The highest BCUT2D eigenvalue weighted by Crippen LogP contribution is 2.26. The number of hydrogen-bond acceptors (Lipinski definition) is 3. The van der Waals surface area contributed by atoms with Crippen LogP contribution in [0.4, 0.5) is 4.79 Å². The van der Waals surface area contributed by atoms with Crippen LogP contribution in [-0.2, 0) is 4.74 Å². The van der Waals surface area contributed by atoms with Crippen molar-refractivity contribution in [3.05, 3.63) is 0 Å². The van der Waals surface area contributed by atoms with Crippen LogP contribution in [0.2, 0.25) is 0 Å². The van der Waals surface area contributed by atoms with E-state index in [4.69, 9.17) is 4.74 Å². The zero-order valence-corrected chi connectivity index (χ0v) is 13.9. The molecule has 0 heterocycles. The molecule has 0 aromatic carbocycles. The van der Waals surface area contributed by atoms with Crippen molar-refractivity contribution in [2.75, 3.05) is 6.54 Å². The SMILES string of the molecule is CC(C)(C)OC(=O)NC1CC(NCCC2CCCCC2)C1. The minimum atomic E-state index is -0.411. The van der Waals surface area contributed by atoms with E-state index in [1.165, 1.54) is 38.5 Å². The standard InChI is InChI=1S/C17H32N2O2/c1-17(2,3)21-16(20)19-15-11-14(12-15)18-10-9-13-7-5-4-6-8-13/h13-15,18H,4-12H2,1-3H3,(H,19,20). The van der Waals surface area contributed by atoms with Gasteiger partial charge in [0, 0.05) is 12.1 Å². The van der Waals surface area contributed by atoms with Gasteiger partial charge in [0.25, 0.3) is 0 Å². The van der Waals surface area contributed by atoms with Crippen LogP contribution in [0.3, 0.4) is 0 Å². The van der Waals surface area contributed by atoms with Crippen LogP contribution in [0.15, 0.2) is 0 Å². The summed E-state index contributed by atoms with van der Waals surface area (Å²) in [7, 11) is 0. The average molecular weight is 296 g/mol. The summed E-state index contributed by atoms with van der Waals surface area (Å²) in [5, 5.41) is 6.57. The molecule has 2 aliphatic carbocycles. The molecule has 21 heavy (non-hydrogen) atoms. The Morgan fingerprint density at radius 3 is 2.38 bits per heavy atom. The highest BCUT2D eigenvalue weighted by atomic mass is 16.6. The van der Waals surface area contributed by atoms with E-state index in [2.05, 4.69) is 10.6 Å². The van der Waals surface area contributed by atoms with Gasteiger partial charge in [-0.2, -0.15) is 0 Å². The Labute approximate surface area is 129 Å². The van der Waals surface area contributed by atoms with Gasteiger partial charge < -0.3 is 15.4 Å². The molecule has 0 spiro atoms. The van der Waals surface area contributed by atoms with E-state index >= 15 is 0 Å². The molecule has 0 bridgehead atoms. The van der Waals surface area contributed by atoms with Crippen LogP contribution in [0, 0.1) is 5.92 Å². The quantitative estimate of drug-likeness (QED) is 0.815. The van der Waals surface area contributed by atoms with E-state index in [1.807, 2.05) is 20.8 Å². The maximum atomic E-state index is 11.6. The third-order valence-electron chi connectivity index (χ3n) is 4.57. The van der Waals surface area contributed by atoms with Crippen LogP contribution in [0.1, 0.15) is 72.1 Å². The number of nitrogens with one attached hydrogen (secondary N) is 2. The lowest BCUT2D eigenvalue weighted by Gasteiger charge is -2.37. The Hall–Kier alpha value is -0.770. The summed E-state index contributed by atoms with van der Waals surface area (Å²) < 4.78 is 5.27. The Kier molecular flexibility index (Phi) is 5.91. The molecule has 4 heteroatoms. The van der Waals surface area contributed by atoms with Gasteiger partial charge in [0.05, 0.1) is 0 Å². The van der Waals surface area contributed by atoms with Crippen molar-refractivity contribution in [3.8, 4) is 0 Å². The summed E-state index contributed by atoms with van der Waals surface area (Å²) in [5.41, 5.74) is -0.411. The van der Waals surface area contributed by atoms with E-state index in [0.717, 1.165) is 25.3 Å². The van der Waals surface area contributed by atoms with E-state index in [9.17, 15) is 4.79 Å². The predicted molar refractivity (Wildman–Crippen MR) is 85.4 cm³/mol. The normalized spacial score (nSPS) is 27.0. The first-order valence-corrected chi connectivity index (χ1v) is 8.65. The minimum Gasteiger partial charge on any atom is -0.444 e. The van der Waals surface area contributed by atoms with Crippen LogP contribution in [0.5, 0.6) is 0 Å². The number of amides is 1. The molecule has 2 fully saturated rings. The van der Waals surface area contributed by atoms with Crippen molar-refractivity contribution in [2.24, 2.45) is 5.92 Å². The van der Waals surface area contributed by atoms with Gasteiger partial charge in [0.1, 0.15) is 5.60 Å². The number of hydrogen-bond donors (Lipinski definition) is 2. The summed E-state index contributed by atoms with van der Waals surface area (Å²) in [6, 6.07) is 0.862. The van der Waals surface area contributed by atoms with Crippen molar-refractivity contribution in [1.82, 2.24) is 10.6 Å². The lowest BCUT2D eigenvalue weighted by atomic mass is 9.85. The molecule has 0 saturated heterocycles. The largest absolute Gasteiger partial charge is 0.444 e. The van der Waals surface area contributed by atoms with Crippen LogP contribution in [-0.4, -0.2) is 30.3 Å². The summed E-state index contributed by atoms with van der Waals surface area (Å²) >= 11 is 0. The third-order valence-corrected chi connectivity index (χ3v) is 4.57. The molecule has 0 atom stereocenters. The number of ether oxygens (including phenoxy) is 1. The lowest BCUT2D eigenvalue weighted by molar-refractivity contribution is 0.0465. The van der Waals surface area contributed by atoms with Crippen molar-refractivity contribution in [2.45, 2.75) is 89.8 Å². The fourth-order valence-electron chi connectivity index (χ4n) is 3.34. The number of rotatable bonds is 5. The second kappa shape index (κ2) is 7.48. The number of carbonyl (C=O) groups excluding carboxylic acids is 1. The highest BCUT2D eigenvalue weighted by Gasteiger charge is 2.31. The molecule has 0 radical (unpaired) electrons. The van der Waals surface area contributed by atoms with E-state index in [1.54, 1.807) is 0 Å². The number of alkyl carbamates (subject to hydrolysis) is 1. The summed E-state index contributed by atoms with van der Waals surface area (Å²) in [6.45, 7) is 6.81. The van der Waals surface area contributed by atoms with Gasteiger partial charge in [-0.1, -0.05) is 32.1 Å². The Morgan fingerprint density at radius 1 is 1.10 bits per heavy atom. The minimum absolute atomic E-state index is 0.284. The molecule has 2 N–H and O–H groups in total. The molecule has 1 amide bonds. The zero-order chi connectivity index (χ0) is 15.3. The molecular weight excluding hydrogens is 264 g/mol. The van der Waals surface area contributed by atoms with Crippen LogP contribution in [0.25, 0.3) is 0 Å². The highest BCUT2D eigenvalue weighted by molar-refractivity contribution is 5.68. The molecule has 2 aliphatic rings. The van der Waals surface area contributed by atoms with Crippen molar-refractivity contribution >= 4 is 6.09 Å². The fraction of sp³-hybridized carbons (Fsp3) is 0.941. The van der Waals surface area contributed by atoms with Gasteiger partial charge in [-0.3, -0.25) is 0 Å². The molecule has 0 unspecified atom stereocenters. The molecule has 2 saturated carbocycles. The molecule has 0 aliphatic heterocycles. The summed E-state index contributed by atoms with van der Waals surface area (Å²) in [4.78, 5) is 11.6. The van der Waals surface area contributed by atoms with Crippen molar-refractivity contribution in [1.29, 1.82) is 0 Å². The molecule has 122 valence electrons. The molecule has 4 nitrogen and oxygen atoms in total. The third kappa shape index (κ3) is 6.25. The zero-order valence-electron chi connectivity index (χ0n) is 13.9. The Morgan fingerprint density at radius 2 is 1.76 bits per heavy atom. The summed E-state index contributed by atoms with van der Waals surface area (Å²) in [5.74, 6) is 0.946. The van der Waals surface area contributed by atoms with E-state index in [-0.39, 0.29) is 12.1 Å². The van der Waals surface area contributed by atoms with E-state index in [0.29, 0.717) is 6.04 Å². The Balaban J connectivity index is 1.50. The molecule has 0 aromatic rings. The second-order valence-electron chi connectivity index (χ2n) is 7.76. The van der Waals surface area contributed by atoms with Crippen molar-refractivity contribution in [3.63, 3.8) is 0 Å². The maximum absolute atomic E-state index is 11.6. The Bertz CT molecular complexity index is 326. The maximum Gasteiger partial charge on any atom is 0.407 e. The number of carbonyl (C=O) groups is 1. The van der Waals surface area contributed by atoms with Gasteiger partial charge in [-0.25, -0.2) is 4.79 Å². The van der Waals surface area contributed by atoms with E-state index < -0.39 is 5.60 Å². The first-order chi connectivity index (χ1) is 9.92.